The number of esters is 1. The highest BCUT2D eigenvalue weighted by Crippen LogP contribution is 2.10. The van der Waals surface area contributed by atoms with Gasteiger partial charge in [-0.25, -0.2) is 4.79 Å². The molecule has 1 aromatic rings. The minimum absolute atomic E-state index is 0.157. The van der Waals surface area contributed by atoms with Gasteiger partial charge in [-0.1, -0.05) is 6.08 Å². The molecule has 0 amide bonds. The molecule has 72 valence electrons. The van der Waals surface area contributed by atoms with Gasteiger partial charge in [0.05, 0.1) is 19.6 Å². The van der Waals surface area contributed by atoms with Crippen molar-refractivity contribution in [2.75, 3.05) is 7.11 Å². The smallest absolute Gasteiger partial charge is 0.373 e. The zero-order chi connectivity index (χ0) is 10.4. The van der Waals surface area contributed by atoms with Gasteiger partial charge in [-0.3, -0.25) is 0 Å². The van der Waals surface area contributed by atoms with E-state index in [2.05, 4.69) is 4.74 Å². The summed E-state index contributed by atoms with van der Waals surface area (Å²) in [6, 6.07) is 5.12. The van der Waals surface area contributed by atoms with Gasteiger partial charge >= 0.3 is 5.97 Å². The number of rotatable bonds is 3. The maximum Gasteiger partial charge on any atom is 0.373 e. The van der Waals surface area contributed by atoms with Crippen molar-refractivity contribution in [1.82, 2.24) is 0 Å². The second kappa shape index (κ2) is 4.87. The van der Waals surface area contributed by atoms with Gasteiger partial charge in [0.15, 0.2) is 0 Å². The standard InChI is InChI=1S/C10H9NO3/c1-13-10(12)9-6-5-8(14-9)4-2-3-7-11/h2,4-6H,3H2,1H3. The first kappa shape index (κ1) is 10.1. The fourth-order valence-corrected chi connectivity index (χ4v) is 0.880. The molecule has 1 heterocycles. The molecule has 0 saturated heterocycles. The summed E-state index contributed by atoms with van der Waals surface area (Å²) in [4.78, 5) is 11.0. The molecule has 0 fully saturated rings. The molecule has 0 bridgehead atoms. The van der Waals surface area contributed by atoms with Crippen molar-refractivity contribution < 1.29 is 13.9 Å². The Kier molecular flexibility index (Phi) is 3.50. The predicted molar refractivity (Wildman–Crippen MR) is 49.3 cm³/mol. The maximum atomic E-state index is 11.0. The summed E-state index contributed by atoms with van der Waals surface area (Å²) in [5.41, 5.74) is 0. The van der Waals surface area contributed by atoms with E-state index in [-0.39, 0.29) is 5.76 Å². The molecule has 0 aromatic carbocycles. The van der Waals surface area contributed by atoms with Crippen LogP contribution in [-0.2, 0) is 4.74 Å². The number of methoxy groups -OCH3 is 1. The molecule has 0 N–H and O–H groups in total. The SMILES string of the molecule is COC(=O)c1ccc(C=CCC#N)o1. The minimum atomic E-state index is -0.509. The summed E-state index contributed by atoms with van der Waals surface area (Å²) in [5.74, 6) is 0.176. The van der Waals surface area contributed by atoms with Gasteiger partial charge < -0.3 is 9.15 Å². The molecule has 14 heavy (non-hydrogen) atoms. The van der Waals surface area contributed by atoms with Crippen LogP contribution in [0.1, 0.15) is 22.7 Å². The molecule has 0 radical (unpaired) electrons. The van der Waals surface area contributed by atoms with Gasteiger partial charge in [0.25, 0.3) is 0 Å². The van der Waals surface area contributed by atoms with Crippen molar-refractivity contribution in [3.63, 3.8) is 0 Å². The third-order valence-corrected chi connectivity index (χ3v) is 1.50. The van der Waals surface area contributed by atoms with E-state index < -0.39 is 5.97 Å². The molecule has 0 atom stereocenters. The lowest BCUT2D eigenvalue weighted by atomic mass is 10.3. The lowest BCUT2D eigenvalue weighted by molar-refractivity contribution is 0.0564. The number of hydrogen-bond donors (Lipinski definition) is 0. The van der Waals surface area contributed by atoms with Crippen molar-refractivity contribution in [1.29, 1.82) is 5.26 Å². The van der Waals surface area contributed by atoms with Crippen LogP contribution in [0, 0.1) is 11.3 Å². The first-order valence-electron chi connectivity index (χ1n) is 3.99. The number of nitrogens with zero attached hydrogens (tertiary/aromatic N) is 1. The van der Waals surface area contributed by atoms with E-state index in [4.69, 9.17) is 9.68 Å². The summed E-state index contributed by atoms with van der Waals surface area (Å²) in [5, 5.41) is 8.27. The van der Waals surface area contributed by atoms with Crippen LogP contribution in [0.3, 0.4) is 0 Å². The fraction of sp³-hybridized carbons (Fsp3) is 0.200. The van der Waals surface area contributed by atoms with E-state index in [0.717, 1.165) is 0 Å². The first-order valence-corrected chi connectivity index (χ1v) is 3.99. The van der Waals surface area contributed by atoms with Crippen LogP contribution in [0.15, 0.2) is 22.6 Å². The Morgan fingerprint density at radius 3 is 3.14 bits per heavy atom. The van der Waals surface area contributed by atoms with Gasteiger partial charge in [-0.05, 0) is 18.2 Å². The highest BCUT2D eigenvalue weighted by atomic mass is 16.5. The largest absolute Gasteiger partial charge is 0.463 e. The third-order valence-electron chi connectivity index (χ3n) is 1.50. The van der Waals surface area contributed by atoms with Crippen LogP contribution in [-0.4, -0.2) is 13.1 Å². The Balaban J connectivity index is 2.69. The van der Waals surface area contributed by atoms with Crippen LogP contribution in [0.4, 0.5) is 0 Å². The Bertz CT molecular complexity index is 384. The van der Waals surface area contributed by atoms with Gasteiger partial charge in [0.2, 0.25) is 5.76 Å². The maximum absolute atomic E-state index is 11.0. The van der Waals surface area contributed by atoms with Crippen LogP contribution in [0.25, 0.3) is 6.08 Å². The van der Waals surface area contributed by atoms with Gasteiger partial charge in [-0.15, -0.1) is 0 Å². The lowest BCUT2D eigenvalue weighted by Gasteiger charge is -1.91. The molecule has 0 saturated carbocycles. The number of carbonyl (C=O) groups excluding carboxylic acids is 1. The summed E-state index contributed by atoms with van der Waals surface area (Å²) in [6.45, 7) is 0. The average molecular weight is 191 g/mol. The number of furan rings is 1. The number of nitriles is 1. The van der Waals surface area contributed by atoms with Crippen LogP contribution >= 0.6 is 0 Å². The third kappa shape index (κ3) is 2.49. The van der Waals surface area contributed by atoms with Gasteiger partial charge in [0.1, 0.15) is 5.76 Å². The second-order valence-electron chi connectivity index (χ2n) is 2.46. The molecule has 1 rings (SSSR count). The highest BCUT2D eigenvalue weighted by molar-refractivity contribution is 5.86. The van der Waals surface area contributed by atoms with Crippen LogP contribution in [0.5, 0.6) is 0 Å². The predicted octanol–water partition coefficient (Wildman–Crippen LogP) is 1.99. The van der Waals surface area contributed by atoms with E-state index in [1.54, 1.807) is 18.2 Å². The minimum Gasteiger partial charge on any atom is -0.463 e. The van der Waals surface area contributed by atoms with E-state index in [9.17, 15) is 4.79 Å². The average Bonchev–Trinajstić information content (AvgIpc) is 2.66. The van der Waals surface area contributed by atoms with E-state index in [0.29, 0.717) is 12.2 Å². The molecule has 0 spiro atoms. The molecule has 4 nitrogen and oxygen atoms in total. The molecule has 0 aliphatic rings. The summed E-state index contributed by atoms with van der Waals surface area (Å²) in [6.07, 6.45) is 3.60. The topological polar surface area (TPSA) is 63.2 Å². The van der Waals surface area contributed by atoms with Gasteiger partial charge in [-0.2, -0.15) is 5.26 Å². The number of carbonyl (C=O) groups is 1. The Hall–Kier alpha value is -2.02. The number of ether oxygens (including phenoxy) is 1. The molecular weight excluding hydrogens is 182 g/mol. The lowest BCUT2D eigenvalue weighted by Crippen LogP contribution is -1.98. The van der Waals surface area contributed by atoms with E-state index >= 15 is 0 Å². The van der Waals surface area contributed by atoms with E-state index in [1.807, 2.05) is 6.07 Å². The molecule has 0 aliphatic carbocycles. The van der Waals surface area contributed by atoms with E-state index in [1.165, 1.54) is 13.2 Å². The van der Waals surface area contributed by atoms with Crippen molar-refractivity contribution in [2.24, 2.45) is 0 Å². The van der Waals surface area contributed by atoms with Crippen molar-refractivity contribution in [3.05, 3.63) is 29.7 Å². The molecular formula is C10H9NO3. The molecule has 0 unspecified atom stereocenters. The molecule has 0 aliphatic heterocycles. The molecule has 4 heteroatoms. The number of allylic oxidation sites excluding steroid dienone is 1. The normalized spacial score (nSPS) is 10.0. The summed E-state index contributed by atoms with van der Waals surface area (Å²) < 4.78 is 9.58. The van der Waals surface area contributed by atoms with Crippen molar-refractivity contribution in [3.8, 4) is 6.07 Å². The fourth-order valence-electron chi connectivity index (χ4n) is 0.880. The van der Waals surface area contributed by atoms with Crippen molar-refractivity contribution >= 4 is 12.0 Å². The summed E-state index contributed by atoms with van der Waals surface area (Å²) in [7, 11) is 1.29. The monoisotopic (exact) mass is 191 g/mol. The highest BCUT2D eigenvalue weighted by Gasteiger charge is 2.08. The van der Waals surface area contributed by atoms with Crippen molar-refractivity contribution in [2.45, 2.75) is 6.42 Å². The zero-order valence-electron chi connectivity index (χ0n) is 7.69. The van der Waals surface area contributed by atoms with Crippen LogP contribution < -0.4 is 0 Å². The number of hydrogen-bond acceptors (Lipinski definition) is 4. The molecule has 1 aromatic heterocycles. The van der Waals surface area contributed by atoms with Gasteiger partial charge in [0, 0.05) is 0 Å². The second-order valence-corrected chi connectivity index (χ2v) is 2.46. The summed E-state index contributed by atoms with van der Waals surface area (Å²) >= 11 is 0. The Labute approximate surface area is 81.4 Å². The first-order chi connectivity index (χ1) is 6.77. The zero-order valence-corrected chi connectivity index (χ0v) is 7.69. The van der Waals surface area contributed by atoms with Crippen LogP contribution in [0.2, 0.25) is 0 Å². The Morgan fingerprint density at radius 2 is 2.50 bits per heavy atom. The Morgan fingerprint density at radius 1 is 1.71 bits per heavy atom. The quantitative estimate of drug-likeness (QED) is 0.685.